The molecule has 0 aliphatic heterocycles. The lowest BCUT2D eigenvalue weighted by molar-refractivity contribution is 0.0697. The van der Waals surface area contributed by atoms with Gasteiger partial charge in [0.05, 0.1) is 17.9 Å². The number of anilines is 1. The van der Waals surface area contributed by atoms with Crippen molar-refractivity contribution in [2.24, 2.45) is 0 Å². The van der Waals surface area contributed by atoms with E-state index >= 15 is 0 Å². The number of aromatic carboxylic acids is 1. The lowest BCUT2D eigenvalue weighted by Gasteiger charge is -2.10. The molecular weight excluding hydrogens is 258 g/mol. The third kappa shape index (κ3) is 3.27. The van der Waals surface area contributed by atoms with Crippen molar-refractivity contribution in [3.8, 4) is 11.5 Å². The summed E-state index contributed by atoms with van der Waals surface area (Å²) in [5.41, 5.74) is 7.18. The highest BCUT2D eigenvalue weighted by atomic mass is 16.5. The van der Waals surface area contributed by atoms with Crippen LogP contribution < -0.4 is 10.5 Å². The van der Waals surface area contributed by atoms with Crippen LogP contribution in [0.15, 0.2) is 42.5 Å². The fraction of sp³-hybridized carbons (Fsp3) is 0.133. The van der Waals surface area contributed by atoms with Crippen LogP contribution >= 0.6 is 0 Å². The summed E-state index contributed by atoms with van der Waals surface area (Å²) in [5, 5.41) is 8.88. The SMILES string of the molecule is COCc1cccc(Oc2ccc(C(=O)O)cc2N)c1. The van der Waals surface area contributed by atoms with Crippen LogP contribution in [0.4, 0.5) is 5.69 Å². The van der Waals surface area contributed by atoms with E-state index in [2.05, 4.69) is 0 Å². The van der Waals surface area contributed by atoms with Gasteiger partial charge in [0, 0.05) is 7.11 Å². The van der Waals surface area contributed by atoms with Crippen LogP contribution in [-0.4, -0.2) is 18.2 Å². The van der Waals surface area contributed by atoms with E-state index in [1.807, 2.05) is 18.2 Å². The van der Waals surface area contributed by atoms with Crippen molar-refractivity contribution in [2.75, 3.05) is 12.8 Å². The van der Waals surface area contributed by atoms with Crippen molar-refractivity contribution in [3.05, 3.63) is 53.6 Å². The van der Waals surface area contributed by atoms with Crippen LogP contribution in [0.2, 0.25) is 0 Å². The molecule has 104 valence electrons. The van der Waals surface area contributed by atoms with E-state index in [-0.39, 0.29) is 11.3 Å². The van der Waals surface area contributed by atoms with Crippen LogP contribution in [0.3, 0.4) is 0 Å². The molecule has 0 radical (unpaired) electrons. The largest absolute Gasteiger partial charge is 0.478 e. The molecule has 0 fully saturated rings. The maximum Gasteiger partial charge on any atom is 0.335 e. The Hall–Kier alpha value is -2.53. The summed E-state index contributed by atoms with van der Waals surface area (Å²) < 4.78 is 10.7. The summed E-state index contributed by atoms with van der Waals surface area (Å²) in [5.74, 6) is 0.0178. The van der Waals surface area contributed by atoms with Crippen LogP contribution in [0, 0.1) is 0 Å². The van der Waals surface area contributed by atoms with E-state index in [1.54, 1.807) is 19.2 Å². The highest BCUT2D eigenvalue weighted by Gasteiger charge is 2.08. The summed E-state index contributed by atoms with van der Waals surface area (Å²) in [6.45, 7) is 0.491. The molecule has 0 atom stereocenters. The number of nitrogen functional groups attached to an aromatic ring is 1. The molecule has 0 aliphatic rings. The zero-order valence-electron chi connectivity index (χ0n) is 11.0. The fourth-order valence-corrected chi connectivity index (χ4v) is 1.77. The molecule has 0 bridgehead atoms. The lowest BCUT2D eigenvalue weighted by atomic mass is 10.2. The zero-order chi connectivity index (χ0) is 14.5. The van der Waals surface area contributed by atoms with Gasteiger partial charge < -0.3 is 20.3 Å². The second-order valence-electron chi connectivity index (χ2n) is 4.24. The Morgan fingerprint density at radius 2 is 2.05 bits per heavy atom. The van der Waals surface area contributed by atoms with Gasteiger partial charge in [-0.05, 0) is 35.9 Å². The molecule has 0 aliphatic carbocycles. The first-order chi connectivity index (χ1) is 9.60. The minimum absolute atomic E-state index is 0.128. The van der Waals surface area contributed by atoms with Crippen LogP contribution in [-0.2, 0) is 11.3 Å². The van der Waals surface area contributed by atoms with E-state index in [9.17, 15) is 4.79 Å². The van der Waals surface area contributed by atoms with E-state index in [4.69, 9.17) is 20.3 Å². The first kappa shape index (κ1) is 13.9. The normalized spacial score (nSPS) is 10.2. The predicted octanol–water partition coefficient (Wildman–Crippen LogP) is 2.91. The van der Waals surface area contributed by atoms with Gasteiger partial charge in [-0.1, -0.05) is 12.1 Å². The third-order valence-electron chi connectivity index (χ3n) is 2.69. The Kier molecular flexibility index (Phi) is 4.22. The van der Waals surface area contributed by atoms with Crippen molar-refractivity contribution in [2.45, 2.75) is 6.61 Å². The molecule has 2 aromatic carbocycles. The van der Waals surface area contributed by atoms with Gasteiger partial charge in [0.1, 0.15) is 11.5 Å². The molecule has 0 spiro atoms. The number of methoxy groups -OCH3 is 1. The van der Waals surface area contributed by atoms with E-state index in [0.29, 0.717) is 18.1 Å². The van der Waals surface area contributed by atoms with Crippen LogP contribution in [0.25, 0.3) is 0 Å². The minimum atomic E-state index is -1.02. The molecule has 0 amide bonds. The highest BCUT2D eigenvalue weighted by Crippen LogP contribution is 2.28. The maximum absolute atomic E-state index is 10.8. The average molecular weight is 273 g/mol. The smallest absolute Gasteiger partial charge is 0.335 e. The molecule has 0 saturated carbocycles. The molecule has 5 nitrogen and oxygen atoms in total. The monoisotopic (exact) mass is 273 g/mol. The fourth-order valence-electron chi connectivity index (χ4n) is 1.77. The maximum atomic E-state index is 10.8. The van der Waals surface area contributed by atoms with Crippen molar-refractivity contribution >= 4 is 11.7 Å². The van der Waals surface area contributed by atoms with Gasteiger partial charge in [-0.2, -0.15) is 0 Å². The van der Waals surface area contributed by atoms with E-state index in [1.165, 1.54) is 12.1 Å². The van der Waals surface area contributed by atoms with Crippen LogP contribution in [0.5, 0.6) is 11.5 Å². The number of ether oxygens (including phenoxy) is 2. The molecule has 2 aromatic rings. The van der Waals surface area contributed by atoms with Crippen molar-refractivity contribution < 1.29 is 19.4 Å². The summed E-state index contributed by atoms with van der Waals surface area (Å²) in [4.78, 5) is 10.8. The number of carboxylic acid groups (broad SMARTS) is 1. The number of rotatable bonds is 5. The van der Waals surface area contributed by atoms with Crippen molar-refractivity contribution in [1.82, 2.24) is 0 Å². The Labute approximate surface area is 116 Å². The molecule has 0 saturated heterocycles. The molecule has 0 aromatic heterocycles. The number of nitrogens with two attached hydrogens (primary N) is 1. The van der Waals surface area contributed by atoms with Gasteiger partial charge in [0.2, 0.25) is 0 Å². The molecule has 0 unspecified atom stereocenters. The number of benzene rings is 2. The number of hydrogen-bond donors (Lipinski definition) is 2. The van der Waals surface area contributed by atoms with Crippen molar-refractivity contribution in [1.29, 1.82) is 0 Å². The zero-order valence-corrected chi connectivity index (χ0v) is 11.0. The first-order valence-electron chi connectivity index (χ1n) is 5.98. The summed E-state index contributed by atoms with van der Waals surface area (Å²) in [6, 6.07) is 11.8. The molecule has 3 N–H and O–H groups in total. The molecular formula is C15H15NO4. The third-order valence-corrected chi connectivity index (χ3v) is 2.69. The molecule has 20 heavy (non-hydrogen) atoms. The van der Waals surface area contributed by atoms with Gasteiger partial charge in [0.15, 0.2) is 0 Å². The highest BCUT2D eigenvalue weighted by molar-refractivity contribution is 5.89. The average Bonchev–Trinajstić information content (AvgIpc) is 2.42. The Balaban J connectivity index is 2.21. The van der Waals surface area contributed by atoms with Gasteiger partial charge >= 0.3 is 5.97 Å². The first-order valence-corrected chi connectivity index (χ1v) is 5.98. The van der Waals surface area contributed by atoms with Crippen LogP contribution in [0.1, 0.15) is 15.9 Å². The second-order valence-corrected chi connectivity index (χ2v) is 4.24. The van der Waals surface area contributed by atoms with Gasteiger partial charge in [-0.3, -0.25) is 0 Å². The lowest BCUT2D eigenvalue weighted by Crippen LogP contribution is -1.99. The van der Waals surface area contributed by atoms with Gasteiger partial charge in [0.25, 0.3) is 0 Å². The number of carbonyl (C=O) groups is 1. The standard InChI is InChI=1S/C15H15NO4/c1-19-9-10-3-2-4-12(7-10)20-14-6-5-11(15(17)18)8-13(14)16/h2-8H,9,16H2,1H3,(H,17,18). The van der Waals surface area contributed by atoms with E-state index < -0.39 is 5.97 Å². The second kappa shape index (κ2) is 6.08. The minimum Gasteiger partial charge on any atom is -0.478 e. The van der Waals surface area contributed by atoms with Gasteiger partial charge in [-0.25, -0.2) is 4.79 Å². The Bertz CT molecular complexity index is 625. The predicted molar refractivity (Wildman–Crippen MR) is 75.0 cm³/mol. The number of hydrogen-bond acceptors (Lipinski definition) is 4. The summed E-state index contributed by atoms with van der Waals surface area (Å²) in [7, 11) is 1.62. The van der Waals surface area contributed by atoms with Crippen molar-refractivity contribution in [3.63, 3.8) is 0 Å². The van der Waals surface area contributed by atoms with Gasteiger partial charge in [-0.15, -0.1) is 0 Å². The topological polar surface area (TPSA) is 81.8 Å². The number of carboxylic acids is 1. The Morgan fingerprint density at radius 3 is 2.70 bits per heavy atom. The summed E-state index contributed by atoms with van der Waals surface area (Å²) >= 11 is 0. The quantitative estimate of drug-likeness (QED) is 0.818. The Morgan fingerprint density at radius 1 is 1.25 bits per heavy atom. The van der Waals surface area contributed by atoms with E-state index in [0.717, 1.165) is 5.56 Å². The molecule has 2 rings (SSSR count). The molecule has 5 heteroatoms. The summed E-state index contributed by atoms with van der Waals surface area (Å²) in [6.07, 6.45) is 0. The molecule has 0 heterocycles.